The van der Waals surface area contributed by atoms with E-state index < -0.39 is 6.04 Å². The Hall–Kier alpha value is -4.34. The predicted octanol–water partition coefficient (Wildman–Crippen LogP) is 6.65. The van der Waals surface area contributed by atoms with E-state index in [0.717, 1.165) is 62.9 Å². The van der Waals surface area contributed by atoms with Crippen molar-refractivity contribution in [3.63, 3.8) is 0 Å². The number of likely N-dealkylation sites (N-methyl/N-ethyl adjacent to an activating group) is 1. The van der Waals surface area contributed by atoms with E-state index in [1.165, 1.54) is 0 Å². The zero-order valence-corrected chi connectivity index (χ0v) is 30.4. The topological polar surface area (TPSA) is 103 Å². The van der Waals surface area contributed by atoms with Gasteiger partial charge >= 0.3 is 0 Å². The molecular weight excluding hydrogens is 616 g/mol. The third-order valence-electron chi connectivity index (χ3n) is 9.18. The molecule has 9 heteroatoms. The number of hydrogen-bond acceptors (Lipinski definition) is 7. The summed E-state index contributed by atoms with van der Waals surface area (Å²) in [6, 6.07) is 17.8. The third-order valence-corrected chi connectivity index (χ3v) is 9.18. The normalized spacial score (nSPS) is 13.8. The molecule has 0 bridgehead atoms. The van der Waals surface area contributed by atoms with Gasteiger partial charge in [-0.25, -0.2) is 0 Å². The minimum absolute atomic E-state index is 0.102. The molecule has 9 nitrogen and oxygen atoms in total. The maximum absolute atomic E-state index is 13.1. The Bertz CT molecular complexity index is 1750. The lowest BCUT2D eigenvalue weighted by molar-refractivity contribution is -0.131. The number of fused-ring (bicyclic) bond motifs is 1. The van der Waals surface area contributed by atoms with Gasteiger partial charge in [0.25, 0.3) is 6.47 Å². The number of benzene rings is 2. The highest BCUT2D eigenvalue weighted by molar-refractivity contribution is 5.95. The summed E-state index contributed by atoms with van der Waals surface area (Å²) in [4.78, 5) is 43.0. The number of rotatable bonds is 17. The summed E-state index contributed by atoms with van der Waals surface area (Å²) in [7, 11) is 5.44. The largest absolute Gasteiger partial charge is 0.467 e. The minimum atomic E-state index is -0.641. The lowest BCUT2D eigenvalue weighted by Gasteiger charge is -2.28. The van der Waals surface area contributed by atoms with Gasteiger partial charge in [0.1, 0.15) is 6.29 Å². The molecule has 0 saturated carbocycles. The Kier molecular flexibility index (Phi) is 12.5. The van der Waals surface area contributed by atoms with Crippen LogP contribution in [0.15, 0.2) is 60.8 Å². The molecule has 0 saturated heterocycles. The van der Waals surface area contributed by atoms with Crippen molar-refractivity contribution in [3.8, 4) is 22.4 Å². The third kappa shape index (κ3) is 8.64. The maximum atomic E-state index is 13.1. The van der Waals surface area contributed by atoms with Gasteiger partial charge in [0.05, 0.1) is 36.2 Å². The molecule has 0 aliphatic rings. The first-order chi connectivity index (χ1) is 23.3. The molecular formula is C40H52N4O5. The number of carbonyl (C=O) groups is 3. The van der Waals surface area contributed by atoms with E-state index in [4.69, 9.17) is 14.5 Å². The molecule has 1 N–H and O–H groups in total. The van der Waals surface area contributed by atoms with Gasteiger partial charge in [-0.2, -0.15) is 0 Å². The number of amides is 1. The Labute approximate surface area is 291 Å². The van der Waals surface area contributed by atoms with Gasteiger partial charge in [0, 0.05) is 41.7 Å². The summed E-state index contributed by atoms with van der Waals surface area (Å²) in [5.41, 5.74) is 7.86. The van der Waals surface area contributed by atoms with E-state index in [-0.39, 0.29) is 36.0 Å². The molecule has 4 aromatic rings. The molecule has 1 amide bonds. The smallest absolute Gasteiger partial charge is 0.293 e. The molecule has 3 unspecified atom stereocenters. The Morgan fingerprint density at radius 3 is 2.41 bits per heavy atom. The summed E-state index contributed by atoms with van der Waals surface area (Å²) in [6.07, 6.45) is 3.45. The van der Waals surface area contributed by atoms with Crippen LogP contribution in [0, 0.1) is 11.3 Å². The van der Waals surface area contributed by atoms with Gasteiger partial charge in [0.15, 0.2) is 0 Å². The highest BCUT2D eigenvalue weighted by Crippen LogP contribution is 2.41. The van der Waals surface area contributed by atoms with Crippen LogP contribution < -0.4 is 5.32 Å². The molecule has 0 aliphatic carbocycles. The standard InChI is InChI=1S/C40H52N4O5/c1-10-44-35-17-16-30(29-14-11-13-28(19-29)20-31(23-45)42-39(47)37(26(2)3)43(7)8)21-33(35)34(22-40(5,6)24-49-25-46)38(44)32-15-12-18-41-36(32)27(4)48-9/h11-19,21,23,25-27,31,37H,10,20,22,24H2,1-9H3,(H,42,47). The second kappa shape index (κ2) is 16.4. The maximum Gasteiger partial charge on any atom is 0.293 e. The van der Waals surface area contributed by atoms with Crippen LogP contribution in [0.4, 0.5) is 0 Å². The number of hydrogen-bond donors (Lipinski definition) is 1. The Morgan fingerprint density at radius 2 is 1.78 bits per heavy atom. The van der Waals surface area contributed by atoms with Crippen molar-refractivity contribution in [3.05, 3.63) is 77.6 Å². The SMILES string of the molecule is CCn1c(-c2cccnc2C(C)OC)c(CC(C)(C)COC=O)c2cc(-c3cccc(CC(C=O)NC(=O)C(C(C)C)N(C)C)c3)ccc21. The molecule has 262 valence electrons. The van der Waals surface area contributed by atoms with Gasteiger partial charge in [-0.1, -0.05) is 58.0 Å². The molecule has 2 aromatic carbocycles. The van der Waals surface area contributed by atoms with Crippen molar-refractivity contribution < 1.29 is 23.9 Å². The van der Waals surface area contributed by atoms with Crippen LogP contribution in [-0.4, -0.2) is 73.0 Å². The van der Waals surface area contributed by atoms with Crippen LogP contribution >= 0.6 is 0 Å². The lowest BCUT2D eigenvalue weighted by atomic mass is 9.84. The molecule has 0 spiro atoms. The summed E-state index contributed by atoms with van der Waals surface area (Å²) in [5.74, 6) is -0.0506. The number of pyridine rings is 1. The summed E-state index contributed by atoms with van der Waals surface area (Å²) in [5, 5.41) is 4.07. The molecule has 0 aliphatic heterocycles. The molecule has 2 aromatic heterocycles. The van der Waals surface area contributed by atoms with E-state index in [0.29, 0.717) is 19.3 Å². The zero-order valence-electron chi connectivity index (χ0n) is 30.4. The number of aromatic nitrogens is 2. The second-order valence-corrected chi connectivity index (χ2v) is 14.2. The highest BCUT2D eigenvalue weighted by Gasteiger charge is 2.29. The first-order valence-corrected chi connectivity index (χ1v) is 17.1. The van der Waals surface area contributed by atoms with Crippen molar-refractivity contribution in [1.82, 2.24) is 19.8 Å². The molecule has 3 atom stereocenters. The lowest BCUT2D eigenvalue weighted by Crippen LogP contribution is -2.50. The van der Waals surface area contributed by atoms with Gasteiger partial charge < -0.3 is 24.2 Å². The van der Waals surface area contributed by atoms with Gasteiger partial charge in [-0.05, 0) is 93.2 Å². The van der Waals surface area contributed by atoms with Crippen molar-refractivity contribution >= 4 is 29.6 Å². The second-order valence-electron chi connectivity index (χ2n) is 14.2. The predicted molar refractivity (Wildman–Crippen MR) is 195 cm³/mol. The van der Waals surface area contributed by atoms with Gasteiger partial charge in [-0.15, -0.1) is 0 Å². The van der Waals surface area contributed by atoms with Crippen molar-refractivity contribution in [1.29, 1.82) is 0 Å². The Morgan fingerprint density at radius 1 is 1.04 bits per heavy atom. The van der Waals surface area contributed by atoms with Gasteiger partial charge in [0.2, 0.25) is 5.91 Å². The molecule has 0 fully saturated rings. The average molecular weight is 669 g/mol. The van der Waals surface area contributed by atoms with E-state index >= 15 is 0 Å². The summed E-state index contributed by atoms with van der Waals surface area (Å²) < 4.78 is 13.3. The number of aryl methyl sites for hydroxylation is 1. The number of methoxy groups -OCH3 is 1. The molecule has 49 heavy (non-hydrogen) atoms. The zero-order chi connectivity index (χ0) is 35.9. The van der Waals surface area contributed by atoms with Gasteiger partial charge in [-0.3, -0.25) is 19.5 Å². The van der Waals surface area contributed by atoms with E-state index in [1.807, 2.05) is 58.0 Å². The number of nitrogens with one attached hydrogen (secondary N) is 1. The quantitative estimate of drug-likeness (QED) is 0.126. The van der Waals surface area contributed by atoms with Crippen molar-refractivity contribution in [2.24, 2.45) is 11.3 Å². The highest BCUT2D eigenvalue weighted by atomic mass is 16.5. The molecule has 0 radical (unpaired) electrons. The molecule has 2 heterocycles. The number of nitrogens with zero attached hydrogens (tertiary/aromatic N) is 3. The van der Waals surface area contributed by atoms with Crippen LogP contribution in [-0.2, 0) is 43.2 Å². The number of aldehydes is 1. The van der Waals surface area contributed by atoms with Crippen LogP contribution in [0.2, 0.25) is 0 Å². The average Bonchev–Trinajstić information content (AvgIpc) is 3.37. The van der Waals surface area contributed by atoms with Crippen LogP contribution in [0.1, 0.15) is 64.5 Å². The fourth-order valence-electron chi connectivity index (χ4n) is 6.93. The minimum Gasteiger partial charge on any atom is -0.467 e. The van der Waals surface area contributed by atoms with E-state index in [2.05, 4.69) is 67.1 Å². The van der Waals surface area contributed by atoms with Crippen LogP contribution in [0.3, 0.4) is 0 Å². The first kappa shape index (κ1) is 37.5. The summed E-state index contributed by atoms with van der Waals surface area (Å²) >= 11 is 0. The van der Waals surface area contributed by atoms with E-state index in [1.54, 1.807) is 13.3 Å². The molecule has 4 rings (SSSR count). The first-order valence-electron chi connectivity index (χ1n) is 17.1. The van der Waals surface area contributed by atoms with Crippen LogP contribution in [0.5, 0.6) is 0 Å². The monoisotopic (exact) mass is 668 g/mol. The summed E-state index contributed by atoms with van der Waals surface area (Å²) in [6.45, 7) is 13.9. The fraction of sp³-hybridized carbons (Fsp3) is 0.450. The van der Waals surface area contributed by atoms with Crippen LogP contribution in [0.25, 0.3) is 33.3 Å². The fourth-order valence-corrected chi connectivity index (χ4v) is 6.93. The van der Waals surface area contributed by atoms with Crippen molar-refractivity contribution in [2.45, 2.75) is 79.1 Å². The van der Waals surface area contributed by atoms with Crippen molar-refractivity contribution in [2.75, 3.05) is 27.8 Å². The number of carbonyl (C=O) groups excluding carboxylic acids is 3. The Balaban J connectivity index is 1.81. The number of ether oxygens (including phenoxy) is 2. The van der Waals surface area contributed by atoms with E-state index in [9.17, 15) is 14.4 Å².